The van der Waals surface area contributed by atoms with Crippen LogP contribution < -0.4 is 4.90 Å². The lowest BCUT2D eigenvalue weighted by Crippen LogP contribution is -2.38. The number of hydrogen-bond donors (Lipinski definition) is 0. The highest BCUT2D eigenvalue weighted by molar-refractivity contribution is 5.76. The van der Waals surface area contributed by atoms with Crippen LogP contribution >= 0.6 is 0 Å². The van der Waals surface area contributed by atoms with E-state index in [1.807, 2.05) is 31.2 Å². The molecule has 0 amide bonds. The fourth-order valence-electron chi connectivity index (χ4n) is 3.01. The van der Waals surface area contributed by atoms with Gasteiger partial charge in [-0.2, -0.15) is 0 Å². The monoisotopic (exact) mass is 241 g/mol. The predicted molar refractivity (Wildman–Crippen MR) is 69.8 cm³/mol. The van der Waals surface area contributed by atoms with E-state index in [0.29, 0.717) is 12.1 Å². The van der Waals surface area contributed by atoms with Crippen molar-refractivity contribution in [1.82, 2.24) is 9.97 Å². The molecule has 0 N–H and O–H groups in total. The fraction of sp³-hybridized carbons (Fsp3) is 0.429. The number of ether oxygens (including phenoxy) is 1. The van der Waals surface area contributed by atoms with Crippen LogP contribution in [0.25, 0.3) is 11.0 Å². The Hall–Kier alpha value is -1.68. The molecule has 1 aromatic heterocycles. The molecule has 0 aliphatic carbocycles. The van der Waals surface area contributed by atoms with E-state index in [2.05, 4.69) is 9.88 Å². The lowest BCUT2D eigenvalue weighted by atomic mass is 10.2. The van der Waals surface area contributed by atoms with E-state index < -0.39 is 0 Å². The largest absolute Gasteiger partial charge is 0.374 e. The maximum Gasteiger partial charge on any atom is 0.151 e. The molecule has 92 valence electrons. The molecule has 1 aromatic carbocycles. The number of fused-ring (bicyclic) bond motifs is 3. The van der Waals surface area contributed by atoms with E-state index >= 15 is 0 Å². The van der Waals surface area contributed by atoms with E-state index in [1.165, 1.54) is 0 Å². The topological polar surface area (TPSA) is 38.2 Å². The van der Waals surface area contributed by atoms with Gasteiger partial charge >= 0.3 is 0 Å². The molecule has 3 heterocycles. The number of para-hydroxylation sites is 2. The van der Waals surface area contributed by atoms with Crippen LogP contribution in [0.1, 0.15) is 12.1 Å². The Morgan fingerprint density at radius 3 is 2.67 bits per heavy atom. The molecule has 2 atom stereocenters. The molecule has 2 unspecified atom stereocenters. The van der Waals surface area contributed by atoms with E-state index in [9.17, 15) is 0 Å². The Labute approximate surface area is 106 Å². The molecule has 0 saturated carbocycles. The Bertz CT molecular complexity index is 613. The summed E-state index contributed by atoms with van der Waals surface area (Å²) in [6.45, 7) is 3.83. The first-order valence-corrected chi connectivity index (χ1v) is 6.43. The number of hydrogen-bond acceptors (Lipinski definition) is 4. The molecule has 2 aliphatic heterocycles. The number of aryl methyl sites for hydroxylation is 1. The van der Waals surface area contributed by atoms with E-state index in [-0.39, 0.29) is 0 Å². The first kappa shape index (κ1) is 10.3. The average Bonchev–Trinajstić information content (AvgIpc) is 3.00. The van der Waals surface area contributed by atoms with Crippen molar-refractivity contribution in [2.24, 2.45) is 0 Å². The van der Waals surface area contributed by atoms with Gasteiger partial charge in [-0.1, -0.05) is 12.1 Å². The van der Waals surface area contributed by atoms with Crippen LogP contribution in [0.5, 0.6) is 0 Å². The lowest BCUT2D eigenvalue weighted by Gasteiger charge is -2.28. The van der Waals surface area contributed by atoms with Crippen LogP contribution in [0, 0.1) is 6.92 Å². The molecule has 0 spiro atoms. The fourth-order valence-corrected chi connectivity index (χ4v) is 3.01. The van der Waals surface area contributed by atoms with Gasteiger partial charge in [0, 0.05) is 6.54 Å². The second-order valence-electron chi connectivity index (χ2n) is 5.12. The van der Waals surface area contributed by atoms with Gasteiger partial charge in [-0.25, -0.2) is 9.97 Å². The Balaban J connectivity index is 1.82. The van der Waals surface area contributed by atoms with Gasteiger partial charge in [0.1, 0.15) is 0 Å². The lowest BCUT2D eigenvalue weighted by molar-refractivity contribution is 0.0988. The second-order valence-corrected chi connectivity index (χ2v) is 5.12. The zero-order valence-corrected chi connectivity index (χ0v) is 10.3. The summed E-state index contributed by atoms with van der Waals surface area (Å²) in [5, 5.41) is 0. The molecule has 0 radical (unpaired) electrons. The van der Waals surface area contributed by atoms with Crippen molar-refractivity contribution in [3.63, 3.8) is 0 Å². The Morgan fingerprint density at radius 1 is 1.22 bits per heavy atom. The number of morpholine rings is 1. The molecule has 4 nitrogen and oxygen atoms in total. The van der Waals surface area contributed by atoms with Gasteiger partial charge in [0.15, 0.2) is 5.82 Å². The van der Waals surface area contributed by atoms with Crippen molar-refractivity contribution in [1.29, 1.82) is 0 Å². The highest BCUT2D eigenvalue weighted by Gasteiger charge is 2.40. The first-order valence-electron chi connectivity index (χ1n) is 6.43. The molecule has 2 aliphatic rings. The zero-order chi connectivity index (χ0) is 12.1. The third-order valence-electron chi connectivity index (χ3n) is 3.89. The van der Waals surface area contributed by atoms with Crippen LogP contribution in [0.2, 0.25) is 0 Å². The molecule has 2 aromatic rings. The van der Waals surface area contributed by atoms with Crippen molar-refractivity contribution in [2.75, 3.05) is 18.1 Å². The quantitative estimate of drug-likeness (QED) is 0.764. The van der Waals surface area contributed by atoms with Crippen LogP contribution in [0.3, 0.4) is 0 Å². The summed E-state index contributed by atoms with van der Waals surface area (Å²) in [4.78, 5) is 11.8. The number of aromatic nitrogens is 2. The van der Waals surface area contributed by atoms with Gasteiger partial charge < -0.3 is 9.64 Å². The number of anilines is 1. The summed E-state index contributed by atoms with van der Waals surface area (Å²) in [5.41, 5.74) is 2.96. The summed E-state index contributed by atoms with van der Waals surface area (Å²) < 4.78 is 5.64. The third kappa shape index (κ3) is 1.42. The van der Waals surface area contributed by atoms with Crippen molar-refractivity contribution in [3.05, 3.63) is 30.0 Å². The molecule has 2 bridgehead atoms. The third-order valence-corrected chi connectivity index (χ3v) is 3.89. The SMILES string of the molecule is Cc1nc2ccccc2nc1N1CC2CC1CO2. The minimum absolute atomic E-state index is 0.391. The van der Waals surface area contributed by atoms with Gasteiger partial charge in [0.25, 0.3) is 0 Å². The van der Waals surface area contributed by atoms with Crippen molar-refractivity contribution in [3.8, 4) is 0 Å². The highest BCUT2D eigenvalue weighted by atomic mass is 16.5. The number of rotatable bonds is 1. The summed E-state index contributed by atoms with van der Waals surface area (Å²) in [6, 6.07) is 8.54. The van der Waals surface area contributed by atoms with E-state index in [4.69, 9.17) is 9.72 Å². The number of nitrogens with zero attached hydrogens (tertiary/aromatic N) is 3. The number of benzene rings is 1. The minimum Gasteiger partial charge on any atom is -0.374 e. The summed E-state index contributed by atoms with van der Waals surface area (Å²) >= 11 is 0. The van der Waals surface area contributed by atoms with Gasteiger partial charge in [0.05, 0.1) is 35.5 Å². The Kier molecular flexibility index (Phi) is 2.08. The normalized spacial score (nSPS) is 26.2. The standard InChI is InChI=1S/C14H15N3O/c1-9-14(17-7-11-6-10(17)8-18-11)16-13-5-3-2-4-12(13)15-9/h2-5,10-11H,6-8H2,1H3. The van der Waals surface area contributed by atoms with Crippen molar-refractivity contribution >= 4 is 16.9 Å². The molecular formula is C14H15N3O. The molecule has 4 rings (SSSR count). The van der Waals surface area contributed by atoms with Crippen LogP contribution in [0.15, 0.2) is 24.3 Å². The molecule has 2 fully saturated rings. The van der Waals surface area contributed by atoms with Gasteiger partial charge in [-0.15, -0.1) is 0 Å². The average molecular weight is 241 g/mol. The minimum atomic E-state index is 0.391. The second kappa shape index (κ2) is 3.65. The van der Waals surface area contributed by atoms with Gasteiger partial charge in [-0.05, 0) is 25.5 Å². The van der Waals surface area contributed by atoms with Crippen LogP contribution in [-0.2, 0) is 4.74 Å². The van der Waals surface area contributed by atoms with E-state index in [0.717, 1.165) is 42.1 Å². The zero-order valence-electron chi connectivity index (χ0n) is 10.3. The molecular weight excluding hydrogens is 226 g/mol. The van der Waals surface area contributed by atoms with Gasteiger partial charge in [-0.3, -0.25) is 0 Å². The molecule has 4 heteroatoms. The summed E-state index contributed by atoms with van der Waals surface area (Å²) in [6.07, 6.45) is 1.52. The van der Waals surface area contributed by atoms with Crippen LogP contribution in [0.4, 0.5) is 5.82 Å². The maximum atomic E-state index is 5.64. The van der Waals surface area contributed by atoms with Crippen LogP contribution in [-0.4, -0.2) is 35.3 Å². The summed E-state index contributed by atoms with van der Waals surface area (Å²) in [5.74, 6) is 1.03. The molecule has 18 heavy (non-hydrogen) atoms. The van der Waals surface area contributed by atoms with E-state index in [1.54, 1.807) is 0 Å². The molecule has 2 saturated heterocycles. The highest BCUT2D eigenvalue weighted by Crippen LogP contribution is 2.33. The summed E-state index contributed by atoms with van der Waals surface area (Å²) in [7, 11) is 0. The predicted octanol–water partition coefficient (Wildman–Crippen LogP) is 1.92. The van der Waals surface area contributed by atoms with Gasteiger partial charge in [0.2, 0.25) is 0 Å². The Morgan fingerprint density at radius 2 is 2.00 bits per heavy atom. The van der Waals surface area contributed by atoms with Crippen molar-refractivity contribution in [2.45, 2.75) is 25.5 Å². The van der Waals surface area contributed by atoms with Crippen molar-refractivity contribution < 1.29 is 4.74 Å². The maximum absolute atomic E-state index is 5.64. The smallest absolute Gasteiger partial charge is 0.151 e. The first-order chi connectivity index (χ1) is 8.81.